The van der Waals surface area contributed by atoms with Gasteiger partial charge in [0.05, 0.1) is 5.69 Å². The van der Waals surface area contributed by atoms with E-state index in [2.05, 4.69) is 37.7 Å². The van der Waals surface area contributed by atoms with Crippen LogP contribution < -0.4 is 5.32 Å². The lowest BCUT2D eigenvalue weighted by Crippen LogP contribution is -2.12. The van der Waals surface area contributed by atoms with Gasteiger partial charge in [0.25, 0.3) is 0 Å². The fourth-order valence-electron chi connectivity index (χ4n) is 1.70. The topological polar surface area (TPSA) is 42.0 Å². The summed E-state index contributed by atoms with van der Waals surface area (Å²) < 4.78 is 0.947. The molecule has 2 aromatic rings. The van der Waals surface area contributed by atoms with Crippen molar-refractivity contribution in [2.24, 2.45) is 0 Å². The summed E-state index contributed by atoms with van der Waals surface area (Å²) in [6.45, 7) is 1.90. The molecule has 0 unspecified atom stereocenters. The molecule has 2 heterocycles. The summed E-state index contributed by atoms with van der Waals surface area (Å²) in [7, 11) is 0. The minimum atomic E-state index is 0.0192. The van der Waals surface area contributed by atoms with Crippen LogP contribution in [0.3, 0.4) is 0 Å². The van der Waals surface area contributed by atoms with Gasteiger partial charge in [-0.15, -0.1) is 11.3 Å². The first-order chi connectivity index (χ1) is 9.15. The van der Waals surface area contributed by atoms with Crippen molar-refractivity contribution in [1.29, 1.82) is 0 Å². The van der Waals surface area contributed by atoms with Crippen LogP contribution in [0.2, 0.25) is 0 Å². The predicted octanol–water partition coefficient (Wildman–Crippen LogP) is 4.18. The lowest BCUT2D eigenvalue weighted by molar-refractivity contribution is -0.116. The van der Waals surface area contributed by atoms with E-state index in [0.29, 0.717) is 12.2 Å². The van der Waals surface area contributed by atoms with E-state index in [1.54, 1.807) is 17.4 Å². The predicted molar refractivity (Wildman–Crippen MR) is 82.6 cm³/mol. The van der Waals surface area contributed by atoms with Gasteiger partial charge in [0.2, 0.25) is 5.91 Å². The summed E-state index contributed by atoms with van der Waals surface area (Å²) in [6.07, 6.45) is 2.34. The second kappa shape index (κ2) is 6.82. The van der Waals surface area contributed by atoms with Crippen LogP contribution in [0.4, 0.5) is 5.82 Å². The Bertz CT molecular complexity index is 555. The fraction of sp³-hybridized carbons (Fsp3) is 0.286. The highest BCUT2D eigenvalue weighted by atomic mass is 79.9. The summed E-state index contributed by atoms with van der Waals surface area (Å²) in [5.74, 6) is 0.632. The van der Waals surface area contributed by atoms with Crippen LogP contribution >= 0.6 is 27.3 Å². The average molecular weight is 339 g/mol. The zero-order chi connectivity index (χ0) is 13.7. The van der Waals surface area contributed by atoms with Crippen molar-refractivity contribution in [3.63, 3.8) is 0 Å². The SMILES string of the molecule is Cc1nc(NC(=O)CCCc2cccs2)ccc1Br. The first-order valence-electron chi connectivity index (χ1n) is 6.10. The molecule has 0 spiro atoms. The highest BCUT2D eigenvalue weighted by Gasteiger charge is 2.05. The molecule has 0 saturated carbocycles. The van der Waals surface area contributed by atoms with E-state index in [4.69, 9.17) is 0 Å². The number of thiophene rings is 1. The van der Waals surface area contributed by atoms with Crippen molar-refractivity contribution in [1.82, 2.24) is 4.98 Å². The lowest BCUT2D eigenvalue weighted by atomic mass is 10.2. The summed E-state index contributed by atoms with van der Waals surface area (Å²) in [6, 6.07) is 7.83. The number of hydrogen-bond acceptors (Lipinski definition) is 3. The first-order valence-corrected chi connectivity index (χ1v) is 7.78. The van der Waals surface area contributed by atoms with Gasteiger partial charge < -0.3 is 5.32 Å². The summed E-state index contributed by atoms with van der Waals surface area (Å²) in [4.78, 5) is 17.4. The number of rotatable bonds is 5. The van der Waals surface area contributed by atoms with E-state index in [1.807, 2.05) is 19.1 Å². The molecule has 19 heavy (non-hydrogen) atoms. The van der Waals surface area contributed by atoms with E-state index in [-0.39, 0.29) is 5.91 Å². The van der Waals surface area contributed by atoms with E-state index in [9.17, 15) is 4.79 Å². The second-order valence-electron chi connectivity index (χ2n) is 4.24. The molecule has 1 N–H and O–H groups in total. The summed E-state index contributed by atoms with van der Waals surface area (Å²) >= 11 is 5.12. The van der Waals surface area contributed by atoms with Crippen LogP contribution in [-0.2, 0) is 11.2 Å². The van der Waals surface area contributed by atoms with E-state index in [0.717, 1.165) is 23.0 Å². The molecular formula is C14H15BrN2OS. The van der Waals surface area contributed by atoms with Crippen LogP contribution in [0.5, 0.6) is 0 Å². The maximum Gasteiger partial charge on any atom is 0.225 e. The molecule has 0 fully saturated rings. The van der Waals surface area contributed by atoms with Gasteiger partial charge >= 0.3 is 0 Å². The van der Waals surface area contributed by atoms with Crippen molar-refractivity contribution in [2.75, 3.05) is 5.32 Å². The third-order valence-electron chi connectivity index (χ3n) is 2.70. The average Bonchev–Trinajstić information content (AvgIpc) is 2.87. The number of aromatic nitrogens is 1. The van der Waals surface area contributed by atoms with Gasteiger partial charge in [-0.1, -0.05) is 6.07 Å². The highest BCUT2D eigenvalue weighted by Crippen LogP contribution is 2.17. The Kier molecular flexibility index (Phi) is 5.10. The summed E-state index contributed by atoms with van der Waals surface area (Å²) in [5.41, 5.74) is 0.872. The smallest absolute Gasteiger partial charge is 0.225 e. The zero-order valence-corrected chi connectivity index (χ0v) is 13.1. The fourth-order valence-corrected chi connectivity index (χ4v) is 2.67. The van der Waals surface area contributed by atoms with Crippen molar-refractivity contribution >= 4 is 39.0 Å². The standard InChI is InChI=1S/C14H15BrN2OS/c1-10-12(15)7-8-13(16-10)17-14(18)6-2-4-11-5-3-9-19-11/h3,5,7-9H,2,4,6H2,1H3,(H,16,17,18). The van der Waals surface area contributed by atoms with Crippen molar-refractivity contribution in [2.45, 2.75) is 26.2 Å². The number of nitrogens with one attached hydrogen (secondary N) is 1. The second-order valence-corrected chi connectivity index (χ2v) is 6.13. The zero-order valence-electron chi connectivity index (χ0n) is 10.6. The molecule has 100 valence electrons. The third-order valence-corrected chi connectivity index (χ3v) is 4.47. The molecular weight excluding hydrogens is 324 g/mol. The number of amides is 1. The molecule has 0 aliphatic carbocycles. The minimum Gasteiger partial charge on any atom is -0.311 e. The number of anilines is 1. The molecule has 0 bridgehead atoms. The molecule has 2 rings (SSSR count). The normalized spacial score (nSPS) is 10.4. The maximum atomic E-state index is 11.8. The molecule has 2 aromatic heterocycles. The monoisotopic (exact) mass is 338 g/mol. The Morgan fingerprint density at radius 3 is 2.95 bits per heavy atom. The van der Waals surface area contributed by atoms with Crippen LogP contribution in [0, 0.1) is 6.92 Å². The largest absolute Gasteiger partial charge is 0.311 e. The Morgan fingerprint density at radius 1 is 1.42 bits per heavy atom. The summed E-state index contributed by atoms with van der Waals surface area (Å²) in [5, 5.41) is 4.88. The van der Waals surface area contributed by atoms with E-state index < -0.39 is 0 Å². The van der Waals surface area contributed by atoms with Crippen molar-refractivity contribution in [3.05, 3.63) is 44.7 Å². The number of hydrogen-bond donors (Lipinski definition) is 1. The van der Waals surface area contributed by atoms with Gasteiger partial charge in [-0.2, -0.15) is 0 Å². The maximum absolute atomic E-state index is 11.8. The molecule has 0 atom stereocenters. The number of pyridine rings is 1. The molecule has 3 nitrogen and oxygen atoms in total. The van der Waals surface area contributed by atoms with Gasteiger partial charge in [-0.3, -0.25) is 4.79 Å². The number of aryl methyl sites for hydroxylation is 2. The van der Waals surface area contributed by atoms with Gasteiger partial charge in [0, 0.05) is 15.8 Å². The minimum absolute atomic E-state index is 0.0192. The van der Waals surface area contributed by atoms with E-state index >= 15 is 0 Å². The molecule has 0 saturated heterocycles. The van der Waals surface area contributed by atoms with Gasteiger partial charge in [0.1, 0.15) is 5.82 Å². The van der Waals surface area contributed by atoms with Crippen LogP contribution in [0.1, 0.15) is 23.4 Å². The number of nitrogens with zero attached hydrogens (tertiary/aromatic N) is 1. The molecule has 0 aromatic carbocycles. The molecule has 0 radical (unpaired) electrons. The Balaban J connectivity index is 1.79. The lowest BCUT2D eigenvalue weighted by Gasteiger charge is -2.05. The molecule has 1 amide bonds. The Morgan fingerprint density at radius 2 is 2.26 bits per heavy atom. The van der Waals surface area contributed by atoms with Gasteiger partial charge in [0.15, 0.2) is 0 Å². The third kappa shape index (κ3) is 4.44. The van der Waals surface area contributed by atoms with Crippen LogP contribution in [-0.4, -0.2) is 10.9 Å². The van der Waals surface area contributed by atoms with Crippen molar-refractivity contribution < 1.29 is 4.79 Å². The van der Waals surface area contributed by atoms with Crippen LogP contribution in [0.15, 0.2) is 34.1 Å². The number of carbonyl (C=O) groups excluding carboxylic acids is 1. The molecule has 0 aliphatic heterocycles. The van der Waals surface area contributed by atoms with Gasteiger partial charge in [-0.05, 0) is 59.3 Å². The van der Waals surface area contributed by atoms with Crippen LogP contribution in [0.25, 0.3) is 0 Å². The number of carbonyl (C=O) groups is 1. The van der Waals surface area contributed by atoms with E-state index in [1.165, 1.54) is 4.88 Å². The Labute approximate surface area is 125 Å². The van der Waals surface area contributed by atoms with Gasteiger partial charge in [-0.25, -0.2) is 4.98 Å². The Hall–Kier alpha value is -1.20. The number of halogens is 1. The molecule has 5 heteroatoms. The van der Waals surface area contributed by atoms with Crippen molar-refractivity contribution in [3.8, 4) is 0 Å². The first kappa shape index (κ1) is 14.2. The quantitative estimate of drug-likeness (QED) is 0.888. The molecule has 0 aliphatic rings. The highest BCUT2D eigenvalue weighted by molar-refractivity contribution is 9.10.